The van der Waals surface area contributed by atoms with Crippen molar-refractivity contribution in [1.29, 1.82) is 0 Å². The van der Waals surface area contributed by atoms with Gasteiger partial charge in [-0.05, 0) is 36.4 Å². The van der Waals surface area contributed by atoms with E-state index in [2.05, 4.69) is 21.0 Å². The summed E-state index contributed by atoms with van der Waals surface area (Å²) < 4.78 is 1.58. The maximum atomic E-state index is 11.7. The lowest BCUT2D eigenvalue weighted by atomic mass is 10.2. The summed E-state index contributed by atoms with van der Waals surface area (Å²) in [6.45, 7) is 0. The van der Waals surface area contributed by atoms with E-state index in [1.807, 2.05) is 30.3 Å². The second kappa shape index (κ2) is 4.49. The van der Waals surface area contributed by atoms with Gasteiger partial charge in [-0.25, -0.2) is 4.79 Å². The van der Waals surface area contributed by atoms with E-state index in [4.69, 9.17) is 0 Å². The first kappa shape index (κ1) is 11.7. The molecule has 0 unspecified atom stereocenters. The number of aromatic nitrogens is 4. The average Bonchev–Trinajstić information content (AvgIpc) is 3.13. The molecule has 5 heteroatoms. The lowest BCUT2D eigenvalue weighted by molar-refractivity contribution is 0.989. The molecule has 0 aliphatic carbocycles. The number of hydrogen-bond donors (Lipinski definition) is 2. The predicted octanol–water partition coefficient (Wildman–Crippen LogP) is 2.71. The number of aromatic amines is 2. The van der Waals surface area contributed by atoms with Gasteiger partial charge >= 0.3 is 5.69 Å². The molecule has 0 radical (unpaired) electrons. The second-order valence-corrected chi connectivity index (χ2v) is 4.83. The number of pyridine rings is 1. The number of fused-ring (bicyclic) bond motifs is 1. The summed E-state index contributed by atoms with van der Waals surface area (Å²) in [7, 11) is 0. The normalized spacial score (nSPS) is 11.0. The van der Waals surface area contributed by atoms with Crippen molar-refractivity contribution in [2.24, 2.45) is 0 Å². The van der Waals surface area contributed by atoms with Crippen LogP contribution in [0, 0.1) is 0 Å². The standard InChI is InChI=1S/C16H12N4O/c21-16-18-7-8-20(16)13-1-2-14-12(9-13)10-15(19-14)11-3-5-17-6-4-11/h1-10,19H,(H,18,21). The highest BCUT2D eigenvalue weighted by Crippen LogP contribution is 2.25. The molecule has 0 bridgehead atoms. The third kappa shape index (κ3) is 1.95. The van der Waals surface area contributed by atoms with Gasteiger partial charge in [-0.2, -0.15) is 0 Å². The largest absolute Gasteiger partial charge is 0.355 e. The second-order valence-electron chi connectivity index (χ2n) is 4.83. The van der Waals surface area contributed by atoms with Gasteiger partial charge in [-0.15, -0.1) is 0 Å². The summed E-state index contributed by atoms with van der Waals surface area (Å²) >= 11 is 0. The summed E-state index contributed by atoms with van der Waals surface area (Å²) in [6.07, 6.45) is 6.89. The predicted molar refractivity (Wildman–Crippen MR) is 81.5 cm³/mol. The van der Waals surface area contributed by atoms with Gasteiger partial charge in [0.15, 0.2) is 0 Å². The number of hydrogen-bond acceptors (Lipinski definition) is 2. The van der Waals surface area contributed by atoms with Crippen molar-refractivity contribution >= 4 is 10.9 Å². The van der Waals surface area contributed by atoms with E-state index in [1.165, 1.54) is 0 Å². The number of rotatable bonds is 2. The van der Waals surface area contributed by atoms with Gasteiger partial charge in [0.25, 0.3) is 0 Å². The summed E-state index contributed by atoms with van der Waals surface area (Å²) in [4.78, 5) is 21.7. The van der Waals surface area contributed by atoms with Crippen LogP contribution in [0.4, 0.5) is 0 Å². The maximum Gasteiger partial charge on any atom is 0.330 e. The van der Waals surface area contributed by atoms with E-state index in [0.29, 0.717) is 0 Å². The Labute approximate surface area is 119 Å². The Hall–Kier alpha value is -3.08. The highest BCUT2D eigenvalue weighted by molar-refractivity contribution is 5.87. The molecule has 0 atom stereocenters. The van der Waals surface area contributed by atoms with E-state index in [1.54, 1.807) is 29.4 Å². The fraction of sp³-hybridized carbons (Fsp3) is 0. The van der Waals surface area contributed by atoms with E-state index in [9.17, 15) is 4.79 Å². The Kier molecular flexibility index (Phi) is 2.50. The molecule has 0 fully saturated rings. The van der Waals surface area contributed by atoms with E-state index in [-0.39, 0.29) is 5.69 Å². The van der Waals surface area contributed by atoms with Gasteiger partial charge < -0.3 is 9.97 Å². The third-order valence-corrected chi connectivity index (χ3v) is 3.52. The molecule has 3 aromatic heterocycles. The molecule has 0 spiro atoms. The van der Waals surface area contributed by atoms with Gasteiger partial charge in [0.05, 0.1) is 5.69 Å². The molecule has 102 valence electrons. The molecule has 4 aromatic rings. The van der Waals surface area contributed by atoms with Crippen LogP contribution in [0.15, 0.2) is 66.0 Å². The van der Waals surface area contributed by atoms with Crippen LogP contribution in [0.5, 0.6) is 0 Å². The molecule has 0 amide bonds. The van der Waals surface area contributed by atoms with Crippen LogP contribution < -0.4 is 5.69 Å². The zero-order valence-corrected chi connectivity index (χ0v) is 11.1. The van der Waals surface area contributed by atoms with E-state index >= 15 is 0 Å². The first-order chi connectivity index (χ1) is 10.3. The van der Waals surface area contributed by atoms with E-state index < -0.39 is 0 Å². The molecule has 4 rings (SSSR count). The summed E-state index contributed by atoms with van der Waals surface area (Å²) in [5, 5.41) is 1.06. The molecule has 0 aliphatic rings. The molecule has 2 N–H and O–H groups in total. The summed E-state index contributed by atoms with van der Waals surface area (Å²) in [5.74, 6) is 0. The van der Waals surface area contributed by atoms with Crippen molar-refractivity contribution in [1.82, 2.24) is 19.5 Å². The van der Waals surface area contributed by atoms with E-state index in [0.717, 1.165) is 27.8 Å². The fourth-order valence-corrected chi connectivity index (χ4v) is 2.48. The van der Waals surface area contributed by atoms with Crippen LogP contribution >= 0.6 is 0 Å². The van der Waals surface area contributed by atoms with Gasteiger partial charge in [-0.3, -0.25) is 9.55 Å². The van der Waals surface area contributed by atoms with Gasteiger partial charge in [-0.1, -0.05) is 0 Å². The van der Waals surface area contributed by atoms with Crippen molar-refractivity contribution in [2.45, 2.75) is 0 Å². The Morgan fingerprint density at radius 1 is 1.05 bits per heavy atom. The molecule has 3 heterocycles. The molecule has 0 saturated heterocycles. The van der Waals surface area contributed by atoms with Crippen molar-refractivity contribution in [3.05, 3.63) is 71.7 Å². The quantitative estimate of drug-likeness (QED) is 0.591. The van der Waals surface area contributed by atoms with Crippen LogP contribution in [0.2, 0.25) is 0 Å². The van der Waals surface area contributed by atoms with Crippen LogP contribution in [0.1, 0.15) is 0 Å². The zero-order chi connectivity index (χ0) is 14.2. The van der Waals surface area contributed by atoms with Crippen LogP contribution in [-0.4, -0.2) is 19.5 Å². The Morgan fingerprint density at radius 3 is 2.67 bits per heavy atom. The Bertz CT molecular complexity index is 963. The monoisotopic (exact) mass is 276 g/mol. The van der Waals surface area contributed by atoms with Gasteiger partial charge in [0.2, 0.25) is 0 Å². The molecular weight excluding hydrogens is 264 g/mol. The SMILES string of the molecule is O=c1[nH]ccn1-c1ccc2[nH]c(-c3ccncc3)cc2c1. The number of nitrogens with zero attached hydrogens (tertiary/aromatic N) is 2. The van der Waals surface area contributed by atoms with Crippen LogP contribution in [0.3, 0.4) is 0 Å². The first-order valence-electron chi connectivity index (χ1n) is 6.61. The molecule has 1 aromatic carbocycles. The number of imidazole rings is 1. The van der Waals surface area contributed by atoms with Gasteiger partial charge in [0.1, 0.15) is 0 Å². The molecular formula is C16H12N4O. The van der Waals surface area contributed by atoms with Crippen LogP contribution in [-0.2, 0) is 0 Å². The van der Waals surface area contributed by atoms with Crippen LogP contribution in [0.25, 0.3) is 27.8 Å². The number of H-pyrrole nitrogens is 2. The molecule has 0 aliphatic heterocycles. The molecule has 5 nitrogen and oxygen atoms in total. The minimum absolute atomic E-state index is 0.140. The van der Waals surface area contributed by atoms with Crippen molar-refractivity contribution in [3.8, 4) is 16.9 Å². The topological polar surface area (TPSA) is 66.5 Å². The smallest absolute Gasteiger partial charge is 0.330 e. The first-order valence-corrected chi connectivity index (χ1v) is 6.61. The third-order valence-electron chi connectivity index (χ3n) is 3.52. The highest BCUT2D eigenvalue weighted by Gasteiger charge is 2.06. The highest BCUT2D eigenvalue weighted by atomic mass is 16.1. The average molecular weight is 276 g/mol. The van der Waals surface area contributed by atoms with Gasteiger partial charge in [0, 0.05) is 46.9 Å². The minimum atomic E-state index is -0.140. The van der Waals surface area contributed by atoms with Crippen molar-refractivity contribution < 1.29 is 0 Å². The lowest BCUT2D eigenvalue weighted by Gasteiger charge is -2.00. The fourth-order valence-electron chi connectivity index (χ4n) is 2.48. The molecule has 0 saturated carbocycles. The Balaban J connectivity index is 1.86. The van der Waals surface area contributed by atoms with Crippen molar-refractivity contribution in [2.75, 3.05) is 0 Å². The number of benzene rings is 1. The summed E-state index contributed by atoms with van der Waals surface area (Å²) in [6, 6.07) is 11.9. The number of nitrogens with one attached hydrogen (secondary N) is 2. The minimum Gasteiger partial charge on any atom is -0.355 e. The van der Waals surface area contributed by atoms with Crippen molar-refractivity contribution in [3.63, 3.8) is 0 Å². The summed E-state index contributed by atoms with van der Waals surface area (Å²) in [5.41, 5.74) is 3.86. The molecule has 21 heavy (non-hydrogen) atoms. The lowest BCUT2D eigenvalue weighted by Crippen LogP contribution is -2.13. The zero-order valence-electron chi connectivity index (χ0n) is 11.1. The Morgan fingerprint density at radius 2 is 1.90 bits per heavy atom. The maximum absolute atomic E-state index is 11.7.